The van der Waals surface area contributed by atoms with E-state index in [9.17, 15) is 15.0 Å². The maximum atomic E-state index is 12.1. The molecule has 2 aromatic carbocycles. The van der Waals surface area contributed by atoms with Gasteiger partial charge in [-0.2, -0.15) is 0 Å². The summed E-state index contributed by atoms with van der Waals surface area (Å²) in [6, 6.07) is 9.02. The maximum Gasteiger partial charge on any atom is 0.263 e. The number of hydrogen-bond donors (Lipinski definition) is 3. The molecule has 0 aromatic heterocycles. The second-order valence-electron chi connectivity index (χ2n) is 4.19. The van der Waals surface area contributed by atoms with Gasteiger partial charge in [-0.05, 0) is 24.3 Å². The van der Waals surface area contributed by atoms with Gasteiger partial charge in [0.05, 0.1) is 0 Å². The molecular formula is C14H11NO5. The first kappa shape index (κ1) is 12.2. The Balaban J connectivity index is 1.86. The number of hydrogen-bond acceptors (Lipinski definition) is 5. The number of anilines is 1. The van der Waals surface area contributed by atoms with E-state index in [2.05, 4.69) is 5.32 Å². The Morgan fingerprint density at radius 2 is 1.75 bits per heavy atom. The molecule has 0 atom stereocenters. The second kappa shape index (κ2) is 4.65. The molecule has 0 saturated heterocycles. The number of ether oxygens (including phenoxy) is 2. The lowest BCUT2D eigenvalue weighted by molar-refractivity contribution is 0.102. The van der Waals surface area contributed by atoms with Crippen molar-refractivity contribution in [2.75, 3.05) is 12.1 Å². The van der Waals surface area contributed by atoms with Crippen LogP contribution < -0.4 is 14.8 Å². The van der Waals surface area contributed by atoms with Crippen LogP contribution in [0.2, 0.25) is 0 Å². The monoisotopic (exact) mass is 273 g/mol. The number of aromatic hydroxyl groups is 2. The third-order valence-electron chi connectivity index (χ3n) is 2.88. The Bertz CT molecular complexity index is 663. The molecule has 20 heavy (non-hydrogen) atoms. The van der Waals surface area contributed by atoms with E-state index in [1.807, 2.05) is 0 Å². The predicted octanol–water partition coefficient (Wildman–Crippen LogP) is 2.08. The summed E-state index contributed by atoms with van der Waals surface area (Å²) in [5.74, 6) is -0.0522. The number of benzene rings is 2. The summed E-state index contributed by atoms with van der Waals surface area (Å²) in [6.45, 7) is 0.146. The fourth-order valence-corrected chi connectivity index (χ4v) is 1.93. The van der Waals surface area contributed by atoms with Crippen LogP contribution in [0.25, 0.3) is 0 Å². The fraction of sp³-hybridized carbons (Fsp3) is 0.0714. The topological polar surface area (TPSA) is 88.0 Å². The summed E-state index contributed by atoms with van der Waals surface area (Å²) < 4.78 is 10.4. The highest BCUT2D eigenvalue weighted by Crippen LogP contribution is 2.35. The molecule has 1 aliphatic heterocycles. The standard InChI is InChI=1S/C14H11NO5/c16-9-2-1-3-10(17)13(9)14(18)15-8-4-5-11-12(6-8)20-7-19-11/h1-6,16-17H,7H2,(H,15,18). The Labute approximate surface area is 114 Å². The zero-order chi connectivity index (χ0) is 14.1. The molecule has 6 heteroatoms. The highest BCUT2D eigenvalue weighted by molar-refractivity contribution is 6.08. The quantitative estimate of drug-likeness (QED) is 0.779. The third kappa shape index (κ3) is 2.07. The van der Waals surface area contributed by atoms with Gasteiger partial charge in [-0.15, -0.1) is 0 Å². The maximum absolute atomic E-state index is 12.1. The smallest absolute Gasteiger partial charge is 0.263 e. The van der Waals surface area contributed by atoms with Crippen molar-refractivity contribution >= 4 is 11.6 Å². The van der Waals surface area contributed by atoms with E-state index in [0.717, 1.165) is 0 Å². The summed E-state index contributed by atoms with van der Waals surface area (Å²) in [7, 11) is 0. The molecule has 0 spiro atoms. The molecule has 1 amide bonds. The van der Waals surface area contributed by atoms with E-state index in [1.165, 1.54) is 18.2 Å². The summed E-state index contributed by atoms with van der Waals surface area (Å²) in [4.78, 5) is 12.1. The molecule has 0 fully saturated rings. The largest absolute Gasteiger partial charge is 0.507 e. The average molecular weight is 273 g/mol. The molecule has 0 saturated carbocycles. The van der Waals surface area contributed by atoms with Gasteiger partial charge in [-0.1, -0.05) is 6.07 Å². The lowest BCUT2D eigenvalue weighted by atomic mass is 10.1. The van der Waals surface area contributed by atoms with Crippen molar-refractivity contribution in [3.63, 3.8) is 0 Å². The fourth-order valence-electron chi connectivity index (χ4n) is 1.93. The van der Waals surface area contributed by atoms with Crippen molar-refractivity contribution in [1.29, 1.82) is 0 Å². The Morgan fingerprint density at radius 1 is 1.05 bits per heavy atom. The summed E-state index contributed by atoms with van der Waals surface area (Å²) in [5, 5.41) is 21.8. The zero-order valence-corrected chi connectivity index (χ0v) is 10.3. The molecule has 0 bridgehead atoms. The van der Waals surface area contributed by atoms with Gasteiger partial charge >= 0.3 is 0 Å². The van der Waals surface area contributed by atoms with Crippen LogP contribution in [-0.2, 0) is 0 Å². The van der Waals surface area contributed by atoms with Crippen LogP contribution in [-0.4, -0.2) is 22.9 Å². The molecular weight excluding hydrogens is 262 g/mol. The predicted molar refractivity (Wildman–Crippen MR) is 70.3 cm³/mol. The minimum atomic E-state index is -0.612. The lowest BCUT2D eigenvalue weighted by Gasteiger charge is -2.08. The summed E-state index contributed by atoms with van der Waals surface area (Å²) in [5.41, 5.74) is 0.298. The van der Waals surface area contributed by atoms with Crippen molar-refractivity contribution in [3.05, 3.63) is 42.0 Å². The van der Waals surface area contributed by atoms with Gasteiger partial charge in [-0.3, -0.25) is 4.79 Å². The van der Waals surface area contributed by atoms with E-state index in [0.29, 0.717) is 17.2 Å². The van der Waals surface area contributed by atoms with Gasteiger partial charge in [0.25, 0.3) is 5.91 Å². The van der Waals surface area contributed by atoms with Crippen molar-refractivity contribution in [2.45, 2.75) is 0 Å². The number of fused-ring (bicyclic) bond motifs is 1. The van der Waals surface area contributed by atoms with E-state index in [1.54, 1.807) is 18.2 Å². The minimum absolute atomic E-state index is 0.146. The van der Waals surface area contributed by atoms with Crippen LogP contribution in [0.5, 0.6) is 23.0 Å². The van der Waals surface area contributed by atoms with Gasteiger partial charge in [0.15, 0.2) is 11.5 Å². The van der Waals surface area contributed by atoms with E-state index < -0.39 is 5.91 Å². The number of amides is 1. The van der Waals surface area contributed by atoms with Crippen LogP contribution in [0.15, 0.2) is 36.4 Å². The molecule has 1 aliphatic rings. The lowest BCUT2D eigenvalue weighted by Crippen LogP contribution is -2.12. The Hall–Kier alpha value is -2.89. The van der Waals surface area contributed by atoms with Gasteiger partial charge in [0.1, 0.15) is 17.1 Å². The number of carbonyl (C=O) groups excluding carboxylic acids is 1. The van der Waals surface area contributed by atoms with Gasteiger partial charge in [0.2, 0.25) is 6.79 Å². The number of phenolic OH excluding ortho intramolecular Hbond substituents is 2. The van der Waals surface area contributed by atoms with E-state index >= 15 is 0 Å². The first-order chi connectivity index (χ1) is 9.65. The second-order valence-corrected chi connectivity index (χ2v) is 4.19. The molecule has 3 N–H and O–H groups in total. The van der Waals surface area contributed by atoms with Crippen LogP contribution in [0, 0.1) is 0 Å². The minimum Gasteiger partial charge on any atom is -0.507 e. The molecule has 102 valence electrons. The first-order valence-electron chi connectivity index (χ1n) is 5.87. The number of carbonyl (C=O) groups is 1. The summed E-state index contributed by atoms with van der Waals surface area (Å²) >= 11 is 0. The summed E-state index contributed by atoms with van der Waals surface area (Å²) in [6.07, 6.45) is 0. The van der Waals surface area contributed by atoms with E-state index in [4.69, 9.17) is 9.47 Å². The molecule has 3 rings (SSSR count). The van der Waals surface area contributed by atoms with Crippen LogP contribution >= 0.6 is 0 Å². The van der Waals surface area contributed by atoms with Crippen LogP contribution in [0.1, 0.15) is 10.4 Å². The van der Waals surface area contributed by atoms with Gasteiger partial charge in [0, 0.05) is 11.8 Å². The molecule has 0 radical (unpaired) electrons. The highest BCUT2D eigenvalue weighted by Gasteiger charge is 2.18. The van der Waals surface area contributed by atoms with Gasteiger partial charge < -0.3 is 25.0 Å². The van der Waals surface area contributed by atoms with Crippen LogP contribution in [0.4, 0.5) is 5.69 Å². The van der Waals surface area contributed by atoms with Crippen LogP contribution in [0.3, 0.4) is 0 Å². The van der Waals surface area contributed by atoms with Crippen molar-refractivity contribution < 1.29 is 24.5 Å². The SMILES string of the molecule is O=C(Nc1ccc2c(c1)OCO2)c1c(O)cccc1O. The van der Waals surface area contributed by atoms with Crippen molar-refractivity contribution in [2.24, 2.45) is 0 Å². The van der Waals surface area contributed by atoms with Gasteiger partial charge in [-0.25, -0.2) is 0 Å². The molecule has 0 aliphatic carbocycles. The highest BCUT2D eigenvalue weighted by atomic mass is 16.7. The number of phenols is 2. The molecule has 6 nitrogen and oxygen atoms in total. The zero-order valence-electron chi connectivity index (χ0n) is 10.3. The number of nitrogens with one attached hydrogen (secondary N) is 1. The Kier molecular flexibility index (Phi) is 2.83. The molecule has 0 unspecified atom stereocenters. The Morgan fingerprint density at radius 3 is 2.50 bits per heavy atom. The average Bonchev–Trinajstić information content (AvgIpc) is 2.85. The molecule has 1 heterocycles. The van der Waals surface area contributed by atoms with Crippen molar-refractivity contribution in [3.8, 4) is 23.0 Å². The normalized spacial score (nSPS) is 12.2. The molecule has 2 aromatic rings. The third-order valence-corrected chi connectivity index (χ3v) is 2.88. The van der Waals surface area contributed by atoms with Crippen molar-refractivity contribution in [1.82, 2.24) is 0 Å². The first-order valence-corrected chi connectivity index (χ1v) is 5.87. The number of rotatable bonds is 2. The van der Waals surface area contributed by atoms with E-state index in [-0.39, 0.29) is 23.9 Å².